The highest BCUT2D eigenvalue weighted by Crippen LogP contribution is 2.35. The number of fused-ring (bicyclic) bond motifs is 3. The van der Waals surface area contributed by atoms with Crippen LogP contribution in [0.15, 0.2) is 42.5 Å². The zero-order chi connectivity index (χ0) is 22.9. The molecule has 3 N–H and O–H groups in total. The minimum atomic E-state index is -4.67. The van der Waals surface area contributed by atoms with Crippen molar-refractivity contribution in [1.82, 2.24) is 15.2 Å². The lowest BCUT2D eigenvalue weighted by molar-refractivity contribution is -0.384. The van der Waals surface area contributed by atoms with Crippen molar-refractivity contribution in [2.24, 2.45) is 0 Å². The second-order valence-corrected chi connectivity index (χ2v) is 7.44. The van der Waals surface area contributed by atoms with Crippen molar-refractivity contribution in [1.29, 1.82) is 0 Å². The molecule has 2 heterocycles. The molecule has 0 fully saturated rings. The molecule has 0 bridgehead atoms. The van der Waals surface area contributed by atoms with Crippen molar-refractivity contribution in [3.05, 3.63) is 69.4 Å². The summed E-state index contributed by atoms with van der Waals surface area (Å²) in [5.41, 5.74) is 1.42. The number of aromatic nitrogens is 1. The molecule has 0 radical (unpaired) electrons. The third-order valence-corrected chi connectivity index (χ3v) is 5.41. The molecule has 0 unspecified atom stereocenters. The quantitative estimate of drug-likeness (QED) is 0.309. The van der Waals surface area contributed by atoms with Crippen molar-refractivity contribution in [2.45, 2.75) is 19.1 Å². The molecule has 0 saturated carbocycles. The summed E-state index contributed by atoms with van der Waals surface area (Å²) >= 11 is 0. The number of rotatable bonds is 5. The average Bonchev–Trinajstić information content (AvgIpc) is 3.13. The summed E-state index contributed by atoms with van der Waals surface area (Å²) < 4.78 is 38.4. The number of aromatic amines is 1. The van der Waals surface area contributed by atoms with Crippen LogP contribution in [0.3, 0.4) is 0 Å². The number of carbonyl (C=O) groups is 1. The molecule has 4 rings (SSSR count). The number of alkyl halides is 3. The smallest absolute Gasteiger partial charge is 0.378 e. The molecule has 0 aliphatic carbocycles. The van der Waals surface area contributed by atoms with Gasteiger partial charge in [0.15, 0.2) is 0 Å². The van der Waals surface area contributed by atoms with Gasteiger partial charge in [0, 0.05) is 60.8 Å². The van der Waals surface area contributed by atoms with E-state index < -0.39 is 22.4 Å². The number of halogens is 3. The normalized spacial score (nSPS) is 13.7. The summed E-state index contributed by atoms with van der Waals surface area (Å²) in [7, 11) is 0. The monoisotopic (exact) mass is 447 g/mol. The second kappa shape index (κ2) is 8.40. The molecule has 8 nitrogen and oxygen atoms in total. The van der Waals surface area contributed by atoms with Gasteiger partial charge in [-0.15, -0.1) is 0 Å². The van der Waals surface area contributed by atoms with Crippen LogP contribution >= 0.6 is 0 Å². The Morgan fingerprint density at radius 2 is 1.97 bits per heavy atom. The first-order chi connectivity index (χ1) is 15.2. The van der Waals surface area contributed by atoms with E-state index in [2.05, 4.69) is 15.6 Å². The van der Waals surface area contributed by atoms with E-state index >= 15 is 0 Å². The second-order valence-electron chi connectivity index (χ2n) is 7.44. The van der Waals surface area contributed by atoms with Gasteiger partial charge in [0.1, 0.15) is 5.69 Å². The molecule has 0 atom stereocenters. The van der Waals surface area contributed by atoms with Crippen LogP contribution in [0.5, 0.6) is 0 Å². The fourth-order valence-electron chi connectivity index (χ4n) is 3.83. The van der Waals surface area contributed by atoms with Gasteiger partial charge in [-0.3, -0.25) is 10.1 Å². The SMILES string of the molecule is O=C(NCCNc1ccc(C(F)(F)F)cc1[N+](=O)[O-])N1CCc2[nH]c3ccccc3c2C1. The molecule has 168 valence electrons. The molecule has 1 aliphatic rings. The van der Waals surface area contributed by atoms with E-state index in [-0.39, 0.29) is 24.8 Å². The summed E-state index contributed by atoms with van der Waals surface area (Å²) in [6, 6.07) is 9.91. The standard InChI is InChI=1S/C21H20F3N5O3/c22-21(23,24)13-5-6-18(19(11-13)29(31)32)25-8-9-26-20(30)28-10-7-17-15(12-28)14-3-1-2-4-16(14)27-17/h1-6,11,25,27H,7-10,12H2,(H,26,30). The minimum absolute atomic E-state index is 0.0429. The van der Waals surface area contributed by atoms with E-state index in [0.29, 0.717) is 25.6 Å². The fraction of sp³-hybridized carbons (Fsp3) is 0.286. The third kappa shape index (κ3) is 4.32. The molecule has 1 aromatic heterocycles. The number of amides is 2. The topological polar surface area (TPSA) is 103 Å². The van der Waals surface area contributed by atoms with Crippen LogP contribution in [0.2, 0.25) is 0 Å². The number of nitro groups is 1. The summed E-state index contributed by atoms with van der Waals surface area (Å²) in [5.74, 6) is 0. The van der Waals surface area contributed by atoms with Gasteiger partial charge < -0.3 is 20.5 Å². The summed E-state index contributed by atoms with van der Waals surface area (Å²) in [6.45, 7) is 1.27. The van der Waals surface area contributed by atoms with Crippen molar-refractivity contribution in [2.75, 3.05) is 25.0 Å². The number of urea groups is 1. The molecule has 2 aromatic carbocycles. The van der Waals surface area contributed by atoms with Crippen LogP contribution in [0.4, 0.5) is 29.3 Å². The number of hydrogen-bond acceptors (Lipinski definition) is 4. The fourth-order valence-corrected chi connectivity index (χ4v) is 3.83. The van der Waals surface area contributed by atoms with Gasteiger partial charge in [0.2, 0.25) is 0 Å². The number of H-pyrrole nitrogens is 1. The zero-order valence-corrected chi connectivity index (χ0v) is 16.8. The van der Waals surface area contributed by atoms with E-state index in [4.69, 9.17) is 0 Å². The highest BCUT2D eigenvalue weighted by Gasteiger charge is 2.33. The molecular weight excluding hydrogens is 427 g/mol. The Bertz CT molecular complexity index is 1180. The first-order valence-electron chi connectivity index (χ1n) is 9.95. The maximum atomic E-state index is 12.8. The van der Waals surface area contributed by atoms with E-state index in [9.17, 15) is 28.1 Å². The molecular formula is C21H20F3N5O3. The third-order valence-electron chi connectivity index (χ3n) is 5.41. The lowest BCUT2D eigenvalue weighted by Gasteiger charge is -2.27. The Hall–Kier alpha value is -3.76. The van der Waals surface area contributed by atoms with Crippen molar-refractivity contribution in [3.63, 3.8) is 0 Å². The number of para-hydroxylation sites is 1. The number of anilines is 1. The van der Waals surface area contributed by atoms with Crippen molar-refractivity contribution >= 4 is 28.3 Å². The maximum Gasteiger partial charge on any atom is 0.416 e. The molecule has 3 aromatic rings. The number of benzene rings is 2. The summed E-state index contributed by atoms with van der Waals surface area (Å²) in [5, 5.41) is 17.7. The predicted molar refractivity (Wildman–Crippen MR) is 112 cm³/mol. The van der Waals surface area contributed by atoms with Gasteiger partial charge in [-0.1, -0.05) is 18.2 Å². The Morgan fingerprint density at radius 3 is 2.72 bits per heavy atom. The van der Waals surface area contributed by atoms with Gasteiger partial charge in [0.05, 0.1) is 10.5 Å². The Kier molecular flexibility index (Phi) is 5.64. The van der Waals surface area contributed by atoms with E-state index in [1.54, 1.807) is 4.90 Å². The van der Waals surface area contributed by atoms with E-state index in [1.165, 1.54) is 0 Å². The minimum Gasteiger partial charge on any atom is -0.378 e. The van der Waals surface area contributed by atoms with Gasteiger partial charge >= 0.3 is 12.2 Å². The van der Waals surface area contributed by atoms with E-state index in [0.717, 1.165) is 34.3 Å². The van der Waals surface area contributed by atoms with Crippen LogP contribution in [0.1, 0.15) is 16.8 Å². The van der Waals surface area contributed by atoms with Gasteiger partial charge in [-0.25, -0.2) is 4.79 Å². The van der Waals surface area contributed by atoms with Crippen molar-refractivity contribution < 1.29 is 22.9 Å². The lowest BCUT2D eigenvalue weighted by Crippen LogP contribution is -2.44. The van der Waals surface area contributed by atoms with Gasteiger partial charge in [0.25, 0.3) is 5.69 Å². The largest absolute Gasteiger partial charge is 0.416 e. The highest BCUT2D eigenvalue weighted by molar-refractivity contribution is 5.85. The Balaban J connectivity index is 1.33. The van der Waals surface area contributed by atoms with E-state index in [1.807, 2.05) is 24.3 Å². The molecule has 11 heteroatoms. The average molecular weight is 447 g/mol. The highest BCUT2D eigenvalue weighted by atomic mass is 19.4. The van der Waals surface area contributed by atoms with Crippen molar-refractivity contribution in [3.8, 4) is 0 Å². The van der Waals surface area contributed by atoms with Crippen LogP contribution in [-0.4, -0.2) is 40.5 Å². The predicted octanol–water partition coefficient (Wildman–Crippen LogP) is 4.27. The molecule has 1 aliphatic heterocycles. The number of nitro benzene ring substituents is 1. The number of hydrogen-bond donors (Lipinski definition) is 3. The Labute approximate surface area is 180 Å². The van der Waals surface area contributed by atoms with Crippen LogP contribution in [-0.2, 0) is 19.1 Å². The van der Waals surface area contributed by atoms with Crippen LogP contribution in [0, 0.1) is 10.1 Å². The molecule has 2 amide bonds. The Morgan fingerprint density at radius 1 is 1.19 bits per heavy atom. The lowest BCUT2D eigenvalue weighted by atomic mass is 10.0. The number of carbonyl (C=O) groups excluding carboxylic acids is 1. The van der Waals surface area contributed by atoms with Crippen LogP contribution < -0.4 is 10.6 Å². The molecule has 0 saturated heterocycles. The van der Waals surface area contributed by atoms with Gasteiger partial charge in [-0.05, 0) is 18.2 Å². The maximum absolute atomic E-state index is 12.8. The first-order valence-corrected chi connectivity index (χ1v) is 9.95. The molecule has 0 spiro atoms. The zero-order valence-electron chi connectivity index (χ0n) is 16.8. The van der Waals surface area contributed by atoms with Crippen LogP contribution in [0.25, 0.3) is 10.9 Å². The summed E-state index contributed by atoms with van der Waals surface area (Å²) in [4.78, 5) is 27.9. The summed E-state index contributed by atoms with van der Waals surface area (Å²) in [6.07, 6.45) is -3.97. The molecule has 32 heavy (non-hydrogen) atoms. The number of nitrogens with one attached hydrogen (secondary N) is 3. The first kappa shape index (κ1) is 21.5. The number of nitrogens with zero attached hydrogens (tertiary/aromatic N) is 2. The van der Waals surface area contributed by atoms with Gasteiger partial charge in [-0.2, -0.15) is 13.2 Å².